The lowest BCUT2D eigenvalue weighted by Gasteiger charge is -2.24. The minimum Gasteiger partial charge on any atom is -0.302 e. The first-order valence-electron chi connectivity index (χ1n) is 10.3. The number of amides is 1. The number of likely N-dealkylation sites (N-methyl/N-ethyl adjacent to an activating group) is 1. The smallest absolute Gasteiger partial charge is 0.229 e. The number of halogens is 1. The molecular weight excluding hydrogens is 417 g/mol. The van der Waals surface area contributed by atoms with Gasteiger partial charge in [-0.3, -0.25) is 9.69 Å². The Morgan fingerprint density at radius 3 is 2.53 bits per heavy atom. The summed E-state index contributed by atoms with van der Waals surface area (Å²) in [6.07, 6.45) is 0.412. The van der Waals surface area contributed by atoms with E-state index in [-0.39, 0.29) is 11.7 Å². The fraction of sp³-hybridized carbons (Fsp3) is 0.391. The second-order valence-corrected chi connectivity index (χ2v) is 9.27. The Kier molecular flexibility index (Phi) is 8.24. The highest BCUT2D eigenvalue weighted by molar-refractivity contribution is 7.99. The average molecular weight is 446 g/mol. The van der Waals surface area contributed by atoms with Gasteiger partial charge in [-0.1, -0.05) is 31.3 Å². The summed E-state index contributed by atoms with van der Waals surface area (Å²) in [6, 6.07) is 12.6. The van der Waals surface area contributed by atoms with Gasteiger partial charge in [0.25, 0.3) is 0 Å². The topological polar surface area (TPSA) is 36.4 Å². The molecule has 1 heterocycles. The zero-order chi connectivity index (χ0) is 21.5. The number of nitrogens with zero attached hydrogens (tertiary/aromatic N) is 3. The Labute approximate surface area is 186 Å². The Balaban J connectivity index is 1.71. The number of hydrogen-bond donors (Lipinski definition) is 0. The zero-order valence-corrected chi connectivity index (χ0v) is 19.4. The van der Waals surface area contributed by atoms with E-state index >= 15 is 0 Å². The standard InChI is InChI=1S/C23H28FN3OS2/c1-4-26(5-2)13-14-27(23-25-20-11-6-17(3)16-21(20)30-23)22(28)12-15-29-19-9-7-18(24)8-10-19/h6-11,16H,4-5,12-15H2,1-3H3. The van der Waals surface area contributed by atoms with Crippen LogP contribution >= 0.6 is 23.1 Å². The Bertz CT molecular complexity index is 970. The monoisotopic (exact) mass is 445 g/mol. The summed E-state index contributed by atoms with van der Waals surface area (Å²) in [5.74, 6) is 0.479. The Morgan fingerprint density at radius 1 is 1.10 bits per heavy atom. The first-order chi connectivity index (χ1) is 14.5. The molecule has 0 spiro atoms. The highest BCUT2D eigenvalue weighted by atomic mass is 32.2. The molecule has 0 N–H and O–H groups in total. The number of benzene rings is 2. The Hall–Kier alpha value is -1.96. The lowest BCUT2D eigenvalue weighted by molar-refractivity contribution is -0.118. The van der Waals surface area contributed by atoms with Crippen LogP contribution in [0.4, 0.5) is 9.52 Å². The van der Waals surface area contributed by atoms with Crippen molar-refractivity contribution in [3.8, 4) is 0 Å². The lowest BCUT2D eigenvalue weighted by atomic mass is 10.2. The van der Waals surface area contributed by atoms with Crippen molar-refractivity contribution in [1.29, 1.82) is 0 Å². The molecule has 30 heavy (non-hydrogen) atoms. The maximum absolute atomic E-state index is 13.1. The number of carbonyl (C=O) groups excluding carboxylic acids is 1. The number of carbonyl (C=O) groups is 1. The fourth-order valence-corrected chi connectivity index (χ4v) is 5.11. The molecule has 0 bridgehead atoms. The van der Waals surface area contributed by atoms with Crippen LogP contribution in [0.25, 0.3) is 10.2 Å². The molecule has 1 aromatic heterocycles. The molecule has 4 nitrogen and oxygen atoms in total. The van der Waals surface area contributed by atoms with E-state index in [0.29, 0.717) is 18.7 Å². The molecule has 3 rings (SSSR count). The maximum atomic E-state index is 13.1. The van der Waals surface area contributed by atoms with Crippen molar-refractivity contribution in [3.05, 3.63) is 53.8 Å². The van der Waals surface area contributed by atoms with Crippen molar-refractivity contribution in [2.45, 2.75) is 32.1 Å². The summed E-state index contributed by atoms with van der Waals surface area (Å²) in [4.78, 5) is 23.0. The van der Waals surface area contributed by atoms with Crippen molar-refractivity contribution < 1.29 is 9.18 Å². The van der Waals surface area contributed by atoms with Crippen LogP contribution < -0.4 is 4.90 Å². The van der Waals surface area contributed by atoms with Gasteiger partial charge >= 0.3 is 0 Å². The molecule has 1 amide bonds. The SMILES string of the molecule is CCN(CC)CCN(C(=O)CCSc1ccc(F)cc1)c1nc2ccc(C)cc2s1. The molecule has 0 unspecified atom stereocenters. The first-order valence-corrected chi connectivity index (χ1v) is 12.1. The van der Waals surface area contributed by atoms with Crippen LogP contribution in [0.5, 0.6) is 0 Å². The number of thioether (sulfide) groups is 1. The number of anilines is 1. The maximum Gasteiger partial charge on any atom is 0.229 e. The van der Waals surface area contributed by atoms with Gasteiger partial charge in [0.2, 0.25) is 5.91 Å². The van der Waals surface area contributed by atoms with Crippen LogP contribution in [-0.2, 0) is 4.79 Å². The van der Waals surface area contributed by atoms with Crippen molar-refractivity contribution in [3.63, 3.8) is 0 Å². The normalized spacial score (nSPS) is 11.4. The molecule has 0 atom stereocenters. The molecule has 0 saturated carbocycles. The predicted octanol–water partition coefficient (Wildman–Crippen LogP) is 5.60. The van der Waals surface area contributed by atoms with E-state index in [2.05, 4.69) is 31.7 Å². The number of thiazole rings is 1. The second kappa shape index (κ2) is 10.9. The van der Waals surface area contributed by atoms with Gasteiger partial charge in [-0.25, -0.2) is 9.37 Å². The average Bonchev–Trinajstić information content (AvgIpc) is 3.15. The minimum absolute atomic E-state index is 0.0764. The van der Waals surface area contributed by atoms with E-state index < -0.39 is 0 Å². The number of fused-ring (bicyclic) bond motifs is 1. The molecule has 7 heteroatoms. The molecule has 160 valence electrons. The molecule has 0 aliphatic rings. The summed E-state index contributed by atoms with van der Waals surface area (Å²) >= 11 is 3.14. The van der Waals surface area contributed by atoms with E-state index in [9.17, 15) is 9.18 Å². The van der Waals surface area contributed by atoms with Crippen LogP contribution in [0, 0.1) is 12.7 Å². The fourth-order valence-electron chi connectivity index (χ4n) is 3.17. The van der Waals surface area contributed by atoms with Gasteiger partial charge in [-0.05, 0) is 62.0 Å². The summed E-state index contributed by atoms with van der Waals surface area (Å²) in [6.45, 7) is 9.69. The van der Waals surface area contributed by atoms with Gasteiger partial charge in [0.05, 0.1) is 10.2 Å². The number of aryl methyl sites for hydroxylation is 1. The summed E-state index contributed by atoms with van der Waals surface area (Å²) in [5, 5.41) is 0.763. The molecule has 0 radical (unpaired) electrons. The highest BCUT2D eigenvalue weighted by Gasteiger charge is 2.20. The van der Waals surface area contributed by atoms with E-state index in [1.165, 1.54) is 17.7 Å². The van der Waals surface area contributed by atoms with Crippen molar-refractivity contribution >= 4 is 44.4 Å². The molecular formula is C23H28FN3OS2. The van der Waals surface area contributed by atoms with Gasteiger partial charge in [0.1, 0.15) is 5.82 Å². The van der Waals surface area contributed by atoms with E-state index in [0.717, 1.165) is 39.9 Å². The van der Waals surface area contributed by atoms with Crippen LogP contribution in [0.15, 0.2) is 47.4 Å². The predicted molar refractivity (Wildman–Crippen MR) is 126 cm³/mol. The number of hydrogen-bond acceptors (Lipinski definition) is 5. The third-order valence-corrected chi connectivity index (χ3v) is 7.05. The highest BCUT2D eigenvalue weighted by Crippen LogP contribution is 2.30. The zero-order valence-electron chi connectivity index (χ0n) is 17.7. The quantitative estimate of drug-likeness (QED) is 0.381. The van der Waals surface area contributed by atoms with Crippen LogP contribution in [-0.4, -0.2) is 47.7 Å². The van der Waals surface area contributed by atoms with Gasteiger partial charge in [0, 0.05) is 30.2 Å². The van der Waals surface area contributed by atoms with E-state index in [1.54, 1.807) is 35.2 Å². The van der Waals surface area contributed by atoms with Crippen LogP contribution in [0.1, 0.15) is 25.8 Å². The van der Waals surface area contributed by atoms with Gasteiger partial charge in [-0.2, -0.15) is 0 Å². The largest absolute Gasteiger partial charge is 0.302 e. The molecule has 0 aliphatic heterocycles. The van der Waals surface area contributed by atoms with Gasteiger partial charge < -0.3 is 4.90 Å². The summed E-state index contributed by atoms with van der Waals surface area (Å²) < 4.78 is 14.2. The van der Waals surface area contributed by atoms with Crippen LogP contribution in [0.3, 0.4) is 0 Å². The molecule has 2 aromatic carbocycles. The lowest BCUT2D eigenvalue weighted by Crippen LogP contribution is -2.39. The minimum atomic E-state index is -0.246. The first kappa shape index (κ1) is 22.7. The molecule has 0 saturated heterocycles. The third kappa shape index (κ3) is 6.03. The summed E-state index contributed by atoms with van der Waals surface area (Å²) in [5.41, 5.74) is 2.12. The third-order valence-electron chi connectivity index (χ3n) is 5.00. The van der Waals surface area contributed by atoms with E-state index in [1.807, 2.05) is 17.0 Å². The number of rotatable bonds is 10. The van der Waals surface area contributed by atoms with Crippen LogP contribution in [0.2, 0.25) is 0 Å². The van der Waals surface area contributed by atoms with E-state index in [4.69, 9.17) is 4.98 Å². The second-order valence-electron chi connectivity index (χ2n) is 7.09. The van der Waals surface area contributed by atoms with Crippen molar-refractivity contribution in [2.24, 2.45) is 0 Å². The van der Waals surface area contributed by atoms with Gasteiger partial charge in [0.15, 0.2) is 5.13 Å². The number of aromatic nitrogens is 1. The summed E-state index contributed by atoms with van der Waals surface area (Å²) in [7, 11) is 0. The molecule has 0 fully saturated rings. The molecule has 3 aromatic rings. The Morgan fingerprint density at radius 2 is 1.83 bits per heavy atom. The van der Waals surface area contributed by atoms with Gasteiger partial charge in [-0.15, -0.1) is 11.8 Å². The van der Waals surface area contributed by atoms with Crippen molar-refractivity contribution in [1.82, 2.24) is 9.88 Å². The molecule has 0 aliphatic carbocycles. The van der Waals surface area contributed by atoms with Crippen molar-refractivity contribution in [2.75, 3.05) is 36.8 Å².